The molecule has 1 saturated carbocycles. The van der Waals surface area contributed by atoms with Gasteiger partial charge in [-0.15, -0.1) is 0 Å². The largest absolute Gasteiger partial charge is 0.487 e. The standard InChI is InChI=1S/C22H24I2N4O4/c23-19-10-16(12-26-27-21(29)13-25-17-4-2-1-3-5-17)11-20(24)22(19)32-14-15-6-8-18(9-7-15)28(30)31/h6-12,17,25H,1-5,13-14H2,(H,27,29)/b26-12-. The number of non-ortho nitro benzene ring substituents is 1. The second kappa shape index (κ2) is 12.4. The molecular formula is C22H24I2N4O4. The highest BCUT2D eigenvalue weighted by Gasteiger charge is 2.14. The number of hydrogen-bond acceptors (Lipinski definition) is 6. The number of nitro groups is 1. The van der Waals surface area contributed by atoms with Gasteiger partial charge in [0.15, 0.2) is 0 Å². The molecule has 1 amide bonds. The highest BCUT2D eigenvalue weighted by atomic mass is 127. The smallest absolute Gasteiger partial charge is 0.269 e. The minimum Gasteiger partial charge on any atom is -0.487 e. The van der Waals surface area contributed by atoms with Crippen LogP contribution in [0.4, 0.5) is 5.69 Å². The van der Waals surface area contributed by atoms with E-state index in [1.165, 1.54) is 31.4 Å². The first-order valence-corrected chi connectivity index (χ1v) is 12.5. The van der Waals surface area contributed by atoms with Crippen LogP contribution in [-0.2, 0) is 11.4 Å². The van der Waals surface area contributed by atoms with Crippen LogP contribution in [0.1, 0.15) is 43.2 Å². The normalized spacial score (nSPS) is 14.4. The Morgan fingerprint density at radius 1 is 1.16 bits per heavy atom. The van der Waals surface area contributed by atoms with Crippen LogP contribution in [0, 0.1) is 17.3 Å². The highest BCUT2D eigenvalue weighted by Crippen LogP contribution is 2.29. The Bertz CT molecular complexity index is 953. The summed E-state index contributed by atoms with van der Waals surface area (Å²) in [5.41, 5.74) is 4.32. The maximum atomic E-state index is 12.0. The lowest BCUT2D eigenvalue weighted by Gasteiger charge is -2.22. The molecule has 170 valence electrons. The number of carbonyl (C=O) groups is 1. The zero-order valence-electron chi connectivity index (χ0n) is 17.4. The number of ether oxygens (including phenoxy) is 1. The fourth-order valence-corrected chi connectivity index (χ4v) is 5.55. The van der Waals surface area contributed by atoms with Crippen LogP contribution in [0.25, 0.3) is 0 Å². The molecule has 0 unspecified atom stereocenters. The van der Waals surface area contributed by atoms with Crippen molar-refractivity contribution in [3.8, 4) is 5.75 Å². The predicted octanol–water partition coefficient (Wildman–Crippen LogP) is 4.76. The number of nitrogens with one attached hydrogen (secondary N) is 2. The minimum absolute atomic E-state index is 0.0541. The van der Waals surface area contributed by atoms with Crippen molar-refractivity contribution in [3.63, 3.8) is 0 Å². The van der Waals surface area contributed by atoms with Gasteiger partial charge in [0.1, 0.15) is 12.4 Å². The number of hydrogen-bond donors (Lipinski definition) is 2. The first-order valence-electron chi connectivity index (χ1n) is 10.3. The van der Waals surface area contributed by atoms with Gasteiger partial charge in [-0.05, 0) is 93.4 Å². The number of benzene rings is 2. The van der Waals surface area contributed by atoms with E-state index in [4.69, 9.17) is 4.74 Å². The van der Waals surface area contributed by atoms with Gasteiger partial charge in [0, 0.05) is 18.2 Å². The lowest BCUT2D eigenvalue weighted by molar-refractivity contribution is -0.384. The molecule has 0 heterocycles. The van der Waals surface area contributed by atoms with Gasteiger partial charge in [-0.25, -0.2) is 5.43 Å². The molecule has 1 fully saturated rings. The predicted molar refractivity (Wildman–Crippen MR) is 140 cm³/mol. The Hall–Kier alpha value is -1.80. The van der Waals surface area contributed by atoms with Gasteiger partial charge < -0.3 is 10.1 Å². The van der Waals surface area contributed by atoms with E-state index < -0.39 is 4.92 Å². The molecule has 32 heavy (non-hydrogen) atoms. The molecule has 0 spiro atoms. The molecule has 0 atom stereocenters. The van der Waals surface area contributed by atoms with Gasteiger partial charge in [-0.3, -0.25) is 14.9 Å². The van der Waals surface area contributed by atoms with E-state index in [0.717, 1.165) is 36.9 Å². The maximum absolute atomic E-state index is 12.0. The molecule has 2 aromatic carbocycles. The van der Waals surface area contributed by atoms with Crippen LogP contribution in [0.2, 0.25) is 0 Å². The molecule has 0 bridgehead atoms. The molecule has 0 saturated heterocycles. The van der Waals surface area contributed by atoms with Crippen molar-refractivity contribution in [2.45, 2.75) is 44.8 Å². The topological polar surface area (TPSA) is 106 Å². The zero-order chi connectivity index (χ0) is 22.9. The van der Waals surface area contributed by atoms with E-state index in [1.54, 1.807) is 18.3 Å². The maximum Gasteiger partial charge on any atom is 0.269 e. The Kier molecular flexibility index (Phi) is 9.66. The number of hydrazone groups is 1. The second-order valence-electron chi connectivity index (χ2n) is 7.53. The van der Waals surface area contributed by atoms with E-state index in [-0.39, 0.29) is 18.1 Å². The van der Waals surface area contributed by atoms with E-state index in [1.807, 2.05) is 12.1 Å². The van der Waals surface area contributed by atoms with Gasteiger partial charge in [-0.2, -0.15) is 5.10 Å². The second-order valence-corrected chi connectivity index (χ2v) is 9.86. The molecule has 1 aliphatic carbocycles. The van der Waals surface area contributed by atoms with Crippen LogP contribution in [-0.4, -0.2) is 29.6 Å². The number of rotatable bonds is 9. The summed E-state index contributed by atoms with van der Waals surface area (Å²) in [6.45, 7) is 0.577. The van der Waals surface area contributed by atoms with Crippen molar-refractivity contribution in [1.82, 2.24) is 10.7 Å². The van der Waals surface area contributed by atoms with E-state index in [9.17, 15) is 14.9 Å². The Morgan fingerprint density at radius 3 is 2.44 bits per heavy atom. The lowest BCUT2D eigenvalue weighted by Crippen LogP contribution is -2.38. The molecule has 0 aliphatic heterocycles. The summed E-state index contributed by atoms with van der Waals surface area (Å²) in [6.07, 6.45) is 7.61. The molecule has 8 nitrogen and oxygen atoms in total. The Morgan fingerprint density at radius 2 is 1.81 bits per heavy atom. The van der Waals surface area contributed by atoms with Crippen molar-refractivity contribution >= 4 is 63.0 Å². The van der Waals surface area contributed by atoms with E-state index in [0.29, 0.717) is 12.6 Å². The third kappa shape index (κ3) is 7.66. The van der Waals surface area contributed by atoms with Gasteiger partial charge >= 0.3 is 0 Å². The summed E-state index contributed by atoms with van der Waals surface area (Å²) in [6, 6.07) is 10.6. The van der Waals surface area contributed by atoms with Gasteiger partial charge in [0.05, 0.1) is 24.8 Å². The molecular weight excluding hydrogens is 638 g/mol. The first-order chi connectivity index (χ1) is 15.4. The van der Waals surface area contributed by atoms with Crippen LogP contribution < -0.4 is 15.5 Å². The summed E-state index contributed by atoms with van der Waals surface area (Å²) in [7, 11) is 0. The third-order valence-corrected chi connectivity index (χ3v) is 6.71. The molecule has 10 heteroatoms. The van der Waals surface area contributed by atoms with Gasteiger partial charge in [0.2, 0.25) is 0 Å². The molecule has 0 radical (unpaired) electrons. The summed E-state index contributed by atoms with van der Waals surface area (Å²) >= 11 is 4.39. The fourth-order valence-electron chi connectivity index (χ4n) is 3.42. The first kappa shape index (κ1) is 24.8. The van der Waals surface area contributed by atoms with Crippen molar-refractivity contribution in [2.75, 3.05) is 6.54 Å². The number of amides is 1. The monoisotopic (exact) mass is 662 g/mol. The van der Waals surface area contributed by atoms with Crippen molar-refractivity contribution in [3.05, 3.63) is 64.8 Å². The summed E-state index contributed by atoms with van der Waals surface area (Å²) < 4.78 is 7.75. The quantitative estimate of drug-likeness (QED) is 0.175. The molecule has 1 aliphatic rings. The van der Waals surface area contributed by atoms with Crippen LogP contribution >= 0.6 is 45.2 Å². The summed E-state index contributed by atoms with van der Waals surface area (Å²) in [5, 5.41) is 18.1. The van der Waals surface area contributed by atoms with Gasteiger partial charge in [-0.1, -0.05) is 19.3 Å². The molecule has 2 aromatic rings. The fraction of sp³-hybridized carbons (Fsp3) is 0.364. The minimum atomic E-state index is -0.424. The van der Waals surface area contributed by atoms with Crippen LogP contribution in [0.15, 0.2) is 41.5 Å². The number of nitro benzene ring substituents is 1. The van der Waals surface area contributed by atoms with Crippen molar-refractivity contribution in [2.24, 2.45) is 5.10 Å². The number of halogens is 2. The summed E-state index contributed by atoms with van der Waals surface area (Å²) in [5.74, 6) is 0.585. The third-order valence-electron chi connectivity index (χ3n) is 5.11. The average Bonchev–Trinajstić information content (AvgIpc) is 2.78. The Labute approximate surface area is 214 Å². The van der Waals surface area contributed by atoms with Crippen LogP contribution in [0.3, 0.4) is 0 Å². The van der Waals surface area contributed by atoms with Crippen molar-refractivity contribution in [1.29, 1.82) is 0 Å². The Balaban J connectivity index is 1.50. The van der Waals surface area contributed by atoms with Crippen LogP contribution in [0.5, 0.6) is 5.75 Å². The summed E-state index contributed by atoms with van der Waals surface area (Å²) in [4.78, 5) is 22.3. The number of carbonyl (C=O) groups excluding carboxylic acids is 1. The number of nitrogens with zero attached hydrogens (tertiary/aromatic N) is 2. The molecule has 3 rings (SSSR count). The van der Waals surface area contributed by atoms with E-state index in [2.05, 4.69) is 61.0 Å². The highest BCUT2D eigenvalue weighted by molar-refractivity contribution is 14.1. The zero-order valence-corrected chi connectivity index (χ0v) is 21.7. The SMILES string of the molecule is O=C(CNC1CCCCC1)N/N=C\c1cc(I)c(OCc2ccc([N+](=O)[O-])cc2)c(I)c1. The van der Waals surface area contributed by atoms with Crippen molar-refractivity contribution < 1.29 is 14.5 Å². The average molecular weight is 662 g/mol. The van der Waals surface area contributed by atoms with Gasteiger partial charge in [0.25, 0.3) is 11.6 Å². The molecule has 0 aromatic heterocycles. The molecule has 2 N–H and O–H groups in total. The lowest BCUT2D eigenvalue weighted by atomic mass is 9.95. The van der Waals surface area contributed by atoms with E-state index >= 15 is 0 Å².